The molecule has 0 saturated heterocycles. The fraction of sp³-hybridized carbons (Fsp3) is 0.545. The maximum atomic E-state index is 5.72. The second-order valence-electron chi connectivity index (χ2n) is 7.21. The number of aromatic nitrogens is 2. The van der Waals surface area contributed by atoms with Crippen LogP contribution >= 0.6 is 0 Å². The van der Waals surface area contributed by atoms with Crippen LogP contribution in [0.15, 0.2) is 29.3 Å². The molecule has 0 bridgehead atoms. The molecule has 2 aromatic rings. The average Bonchev–Trinajstić information content (AvgIpc) is 2.91. The lowest BCUT2D eigenvalue weighted by Crippen LogP contribution is -2.43. The zero-order valence-electron chi connectivity index (χ0n) is 18.2. The van der Waals surface area contributed by atoms with Crippen molar-refractivity contribution in [1.82, 2.24) is 20.4 Å². The molecule has 0 saturated carbocycles. The van der Waals surface area contributed by atoms with E-state index in [1.165, 1.54) is 11.3 Å². The van der Waals surface area contributed by atoms with E-state index in [1.807, 2.05) is 23.9 Å². The van der Waals surface area contributed by atoms with Gasteiger partial charge in [-0.3, -0.25) is 4.68 Å². The van der Waals surface area contributed by atoms with Crippen LogP contribution in [-0.2, 0) is 20.0 Å². The molecule has 1 atom stereocenters. The number of nitrogens with one attached hydrogen (secondary N) is 2. The molecular formula is C22H35N5O. The first-order valence-corrected chi connectivity index (χ1v) is 10.2. The zero-order chi connectivity index (χ0) is 20.5. The molecule has 1 heterocycles. The SMILES string of the molecule is CCCOc1cccc(CN=C(NCC)NC(C)Cc2c(C)nn(C)c2C)c1. The fourth-order valence-corrected chi connectivity index (χ4v) is 3.15. The van der Waals surface area contributed by atoms with Crippen molar-refractivity contribution in [3.63, 3.8) is 0 Å². The Kier molecular flexibility index (Phi) is 8.36. The lowest BCUT2D eigenvalue weighted by atomic mass is 10.1. The van der Waals surface area contributed by atoms with Crippen LogP contribution in [0.5, 0.6) is 5.75 Å². The first kappa shape index (κ1) is 21.8. The first-order chi connectivity index (χ1) is 13.4. The molecule has 0 radical (unpaired) electrons. The fourth-order valence-electron chi connectivity index (χ4n) is 3.15. The molecule has 2 N–H and O–H groups in total. The molecular weight excluding hydrogens is 350 g/mol. The highest BCUT2D eigenvalue weighted by molar-refractivity contribution is 5.80. The van der Waals surface area contributed by atoms with Gasteiger partial charge in [0.25, 0.3) is 0 Å². The van der Waals surface area contributed by atoms with E-state index in [0.29, 0.717) is 6.54 Å². The number of hydrogen-bond acceptors (Lipinski definition) is 3. The van der Waals surface area contributed by atoms with Crippen LogP contribution < -0.4 is 15.4 Å². The summed E-state index contributed by atoms with van der Waals surface area (Å²) in [6, 6.07) is 8.41. The number of guanidine groups is 1. The van der Waals surface area contributed by atoms with Crippen LogP contribution in [0.3, 0.4) is 0 Å². The topological polar surface area (TPSA) is 63.5 Å². The van der Waals surface area contributed by atoms with Gasteiger partial charge in [0.15, 0.2) is 5.96 Å². The number of nitrogens with zero attached hydrogens (tertiary/aromatic N) is 3. The molecule has 1 aromatic carbocycles. The van der Waals surface area contributed by atoms with Crippen LogP contribution in [0, 0.1) is 13.8 Å². The van der Waals surface area contributed by atoms with Crippen molar-refractivity contribution in [1.29, 1.82) is 0 Å². The monoisotopic (exact) mass is 385 g/mol. The Morgan fingerprint density at radius 3 is 2.71 bits per heavy atom. The number of ether oxygens (including phenoxy) is 1. The third-order valence-corrected chi connectivity index (χ3v) is 4.69. The van der Waals surface area contributed by atoms with Gasteiger partial charge in [-0.25, -0.2) is 4.99 Å². The maximum absolute atomic E-state index is 5.72. The summed E-state index contributed by atoms with van der Waals surface area (Å²) in [5, 5.41) is 11.4. The summed E-state index contributed by atoms with van der Waals surface area (Å²) in [6.07, 6.45) is 1.92. The van der Waals surface area contributed by atoms with Gasteiger partial charge in [0.2, 0.25) is 0 Å². The summed E-state index contributed by atoms with van der Waals surface area (Å²) < 4.78 is 7.67. The third kappa shape index (κ3) is 6.29. The summed E-state index contributed by atoms with van der Waals surface area (Å²) in [5.41, 5.74) is 4.76. The van der Waals surface area contributed by atoms with E-state index in [9.17, 15) is 0 Å². The number of aliphatic imine (C=N–C) groups is 1. The third-order valence-electron chi connectivity index (χ3n) is 4.69. The molecule has 28 heavy (non-hydrogen) atoms. The van der Waals surface area contributed by atoms with Crippen LogP contribution in [0.4, 0.5) is 0 Å². The molecule has 0 fully saturated rings. The molecule has 0 spiro atoms. The molecule has 2 rings (SSSR count). The highest BCUT2D eigenvalue weighted by atomic mass is 16.5. The molecule has 154 valence electrons. The summed E-state index contributed by atoms with van der Waals surface area (Å²) >= 11 is 0. The minimum absolute atomic E-state index is 0.249. The molecule has 1 unspecified atom stereocenters. The van der Waals surface area contributed by atoms with Crippen molar-refractivity contribution in [2.45, 2.75) is 60.0 Å². The highest BCUT2D eigenvalue weighted by Gasteiger charge is 2.14. The number of aryl methyl sites for hydroxylation is 2. The van der Waals surface area contributed by atoms with Gasteiger partial charge in [-0.15, -0.1) is 0 Å². The van der Waals surface area contributed by atoms with Crippen molar-refractivity contribution in [2.24, 2.45) is 12.0 Å². The standard InChI is InChI=1S/C22H35N5O/c1-7-12-28-20-11-9-10-19(14-20)15-24-22(23-8-2)25-16(3)13-21-17(4)26-27(6)18(21)5/h9-11,14,16H,7-8,12-13,15H2,1-6H3,(H2,23,24,25). The summed E-state index contributed by atoms with van der Waals surface area (Å²) in [4.78, 5) is 4.75. The lowest BCUT2D eigenvalue weighted by molar-refractivity contribution is 0.317. The van der Waals surface area contributed by atoms with E-state index in [2.05, 4.69) is 62.5 Å². The molecule has 0 aliphatic heterocycles. The number of hydrogen-bond donors (Lipinski definition) is 2. The van der Waals surface area contributed by atoms with Crippen LogP contribution in [0.25, 0.3) is 0 Å². The van der Waals surface area contributed by atoms with Crippen LogP contribution in [-0.4, -0.2) is 34.9 Å². The van der Waals surface area contributed by atoms with Gasteiger partial charge in [-0.2, -0.15) is 5.10 Å². The predicted octanol–water partition coefficient (Wildman–Crippen LogP) is 3.51. The molecule has 6 nitrogen and oxygen atoms in total. The Bertz CT molecular complexity index is 781. The van der Waals surface area contributed by atoms with Crippen molar-refractivity contribution < 1.29 is 4.74 Å². The van der Waals surface area contributed by atoms with Gasteiger partial charge in [0.1, 0.15) is 5.75 Å². The smallest absolute Gasteiger partial charge is 0.191 e. The van der Waals surface area contributed by atoms with Crippen molar-refractivity contribution in [2.75, 3.05) is 13.2 Å². The Hall–Kier alpha value is -2.50. The quantitative estimate of drug-likeness (QED) is 0.512. The van der Waals surface area contributed by atoms with Crippen LogP contribution in [0.2, 0.25) is 0 Å². The van der Waals surface area contributed by atoms with Gasteiger partial charge < -0.3 is 15.4 Å². The van der Waals surface area contributed by atoms with E-state index in [4.69, 9.17) is 9.73 Å². The summed E-state index contributed by atoms with van der Waals surface area (Å²) in [7, 11) is 1.99. The van der Waals surface area contributed by atoms with Gasteiger partial charge in [-0.05, 0) is 63.8 Å². The number of rotatable bonds is 9. The van der Waals surface area contributed by atoms with Crippen LogP contribution in [0.1, 0.15) is 49.7 Å². The zero-order valence-corrected chi connectivity index (χ0v) is 18.2. The van der Waals surface area contributed by atoms with Crippen molar-refractivity contribution in [3.8, 4) is 5.75 Å². The van der Waals surface area contributed by atoms with E-state index < -0.39 is 0 Å². The highest BCUT2D eigenvalue weighted by Crippen LogP contribution is 2.15. The number of benzene rings is 1. The Morgan fingerprint density at radius 2 is 2.07 bits per heavy atom. The molecule has 6 heteroatoms. The first-order valence-electron chi connectivity index (χ1n) is 10.2. The molecule has 0 aliphatic carbocycles. The molecule has 1 aromatic heterocycles. The maximum Gasteiger partial charge on any atom is 0.191 e. The Balaban J connectivity index is 2.01. The van der Waals surface area contributed by atoms with Crippen molar-refractivity contribution >= 4 is 5.96 Å². The molecule has 0 amide bonds. The normalized spacial score (nSPS) is 12.7. The summed E-state index contributed by atoms with van der Waals surface area (Å²) in [6.45, 7) is 12.7. The second-order valence-corrected chi connectivity index (χ2v) is 7.21. The van der Waals surface area contributed by atoms with Gasteiger partial charge in [0.05, 0.1) is 18.8 Å². The van der Waals surface area contributed by atoms with Gasteiger partial charge in [-0.1, -0.05) is 19.1 Å². The van der Waals surface area contributed by atoms with Crippen molar-refractivity contribution in [3.05, 3.63) is 46.8 Å². The van der Waals surface area contributed by atoms with Gasteiger partial charge >= 0.3 is 0 Å². The van der Waals surface area contributed by atoms with E-state index >= 15 is 0 Å². The van der Waals surface area contributed by atoms with E-state index in [-0.39, 0.29) is 6.04 Å². The minimum Gasteiger partial charge on any atom is -0.494 e. The van der Waals surface area contributed by atoms with Gasteiger partial charge in [0, 0.05) is 25.3 Å². The second kappa shape index (κ2) is 10.7. The summed E-state index contributed by atoms with van der Waals surface area (Å²) in [5.74, 6) is 1.73. The average molecular weight is 386 g/mol. The van der Waals surface area contributed by atoms with E-state index in [0.717, 1.165) is 49.0 Å². The molecule has 0 aliphatic rings. The lowest BCUT2D eigenvalue weighted by Gasteiger charge is -2.18. The minimum atomic E-state index is 0.249. The largest absolute Gasteiger partial charge is 0.494 e. The van der Waals surface area contributed by atoms with E-state index in [1.54, 1.807) is 0 Å². The Labute approximate surface area is 169 Å². The Morgan fingerprint density at radius 1 is 1.29 bits per heavy atom. The predicted molar refractivity (Wildman–Crippen MR) is 116 cm³/mol.